The first-order chi connectivity index (χ1) is 10.7. The Balaban J connectivity index is 1.58. The Bertz CT molecular complexity index is 422. The number of fused-ring (bicyclic) bond motifs is 1. The van der Waals surface area contributed by atoms with Crippen LogP contribution in [0.5, 0.6) is 0 Å². The summed E-state index contributed by atoms with van der Waals surface area (Å²) < 4.78 is 10.7. The van der Waals surface area contributed by atoms with Gasteiger partial charge in [0.15, 0.2) is 0 Å². The van der Waals surface area contributed by atoms with E-state index in [4.69, 9.17) is 9.47 Å². The summed E-state index contributed by atoms with van der Waals surface area (Å²) in [5, 5.41) is 0. The SMILES string of the molecule is COCC(=O)N1C[C@H]2COC[C@H](CC(=O)N3CCCC3)[C@H]2C1. The number of methoxy groups -OCH3 is 1. The highest BCUT2D eigenvalue weighted by Crippen LogP contribution is 2.36. The van der Waals surface area contributed by atoms with Gasteiger partial charge in [0.1, 0.15) is 6.61 Å². The molecule has 0 aliphatic carbocycles. The van der Waals surface area contributed by atoms with Crippen LogP contribution in [0.2, 0.25) is 0 Å². The van der Waals surface area contributed by atoms with Crippen LogP contribution in [0.25, 0.3) is 0 Å². The Kier molecular flexibility index (Phi) is 4.98. The first-order valence-electron chi connectivity index (χ1n) is 8.31. The molecule has 3 aliphatic heterocycles. The van der Waals surface area contributed by atoms with E-state index < -0.39 is 0 Å². The van der Waals surface area contributed by atoms with Gasteiger partial charge in [-0.25, -0.2) is 0 Å². The first kappa shape index (κ1) is 15.7. The number of amides is 2. The number of carbonyl (C=O) groups excluding carboxylic acids is 2. The monoisotopic (exact) mass is 310 g/mol. The molecule has 2 amide bonds. The van der Waals surface area contributed by atoms with Crippen molar-refractivity contribution in [1.29, 1.82) is 0 Å². The highest BCUT2D eigenvalue weighted by atomic mass is 16.5. The molecule has 0 aromatic rings. The molecule has 0 N–H and O–H groups in total. The topological polar surface area (TPSA) is 59.1 Å². The van der Waals surface area contributed by atoms with Crippen LogP contribution in [-0.4, -0.2) is 74.7 Å². The predicted molar refractivity (Wildman–Crippen MR) is 80.2 cm³/mol. The summed E-state index contributed by atoms with van der Waals surface area (Å²) in [6, 6.07) is 0. The average molecular weight is 310 g/mol. The van der Waals surface area contributed by atoms with E-state index in [1.807, 2.05) is 9.80 Å². The molecule has 0 aromatic carbocycles. The molecule has 0 radical (unpaired) electrons. The van der Waals surface area contributed by atoms with Crippen molar-refractivity contribution >= 4 is 11.8 Å². The molecule has 0 unspecified atom stereocenters. The molecule has 3 aliphatic rings. The van der Waals surface area contributed by atoms with Crippen molar-refractivity contribution in [2.75, 3.05) is 53.1 Å². The van der Waals surface area contributed by atoms with Gasteiger partial charge in [-0.2, -0.15) is 0 Å². The Hall–Kier alpha value is -1.14. The molecule has 3 fully saturated rings. The van der Waals surface area contributed by atoms with Crippen LogP contribution >= 0.6 is 0 Å². The highest BCUT2D eigenvalue weighted by molar-refractivity contribution is 5.78. The van der Waals surface area contributed by atoms with Crippen molar-refractivity contribution < 1.29 is 19.1 Å². The maximum Gasteiger partial charge on any atom is 0.248 e. The van der Waals surface area contributed by atoms with Gasteiger partial charge >= 0.3 is 0 Å². The number of likely N-dealkylation sites (tertiary alicyclic amines) is 2. The zero-order valence-corrected chi connectivity index (χ0v) is 13.3. The molecule has 0 aromatic heterocycles. The smallest absolute Gasteiger partial charge is 0.248 e. The van der Waals surface area contributed by atoms with Crippen molar-refractivity contribution in [2.24, 2.45) is 17.8 Å². The van der Waals surface area contributed by atoms with Crippen LogP contribution in [-0.2, 0) is 19.1 Å². The van der Waals surface area contributed by atoms with Crippen molar-refractivity contribution in [3.05, 3.63) is 0 Å². The van der Waals surface area contributed by atoms with Crippen LogP contribution in [0.4, 0.5) is 0 Å². The van der Waals surface area contributed by atoms with E-state index >= 15 is 0 Å². The Morgan fingerprint density at radius 3 is 2.59 bits per heavy atom. The molecule has 124 valence electrons. The summed E-state index contributed by atoms with van der Waals surface area (Å²) in [6.07, 6.45) is 2.81. The van der Waals surface area contributed by atoms with Crippen LogP contribution in [0, 0.1) is 17.8 Å². The lowest BCUT2D eigenvalue weighted by Crippen LogP contribution is -2.39. The summed E-state index contributed by atoms with van der Waals surface area (Å²) in [7, 11) is 1.54. The number of carbonyl (C=O) groups is 2. The Morgan fingerprint density at radius 2 is 1.86 bits per heavy atom. The molecule has 22 heavy (non-hydrogen) atoms. The minimum atomic E-state index is 0.0431. The van der Waals surface area contributed by atoms with E-state index in [1.165, 1.54) is 0 Å². The summed E-state index contributed by atoms with van der Waals surface area (Å²) in [5.74, 6) is 1.30. The molecule has 0 spiro atoms. The van der Waals surface area contributed by atoms with Gasteiger partial charge in [-0.05, 0) is 24.7 Å². The van der Waals surface area contributed by atoms with Crippen molar-refractivity contribution in [3.63, 3.8) is 0 Å². The van der Waals surface area contributed by atoms with Crippen LogP contribution in [0.1, 0.15) is 19.3 Å². The Labute approximate surface area is 131 Å². The lowest BCUT2D eigenvalue weighted by molar-refractivity contribution is -0.134. The second-order valence-electron chi connectivity index (χ2n) is 6.75. The minimum absolute atomic E-state index is 0.0431. The van der Waals surface area contributed by atoms with Gasteiger partial charge in [0.25, 0.3) is 0 Å². The second kappa shape index (κ2) is 6.96. The van der Waals surface area contributed by atoms with E-state index in [0.717, 1.165) is 39.0 Å². The highest BCUT2D eigenvalue weighted by Gasteiger charge is 2.43. The second-order valence-corrected chi connectivity index (χ2v) is 6.75. The molecule has 0 saturated carbocycles. The zero-order valence-electron chi connectivity index (χ0n) is 13.3. The van der Waals surface area contributed by atoms with E-state index in [0.29, 0.717) is 31.5 Å². The minimum Gasteiger partial charge on any atom is -0.381 e. The normalized spacial score (nSPS) is 31.4. The number of rotatable bonds is 4. The summed E-state index contributed by atoms with van der Waals surface area (Å²) >= 11 is 0. The Morgan fingerprint density at radius 1 is 1.09 bits per heavy atom. The van der Waals surface area contributed by atoms with Gasteiger partial charge < -0.3 is 19.3 Å². The van der Waals surface area contributed by atoms with Gasteiger partial charge in [-0.15, -0.1) is 0 Å². The third-order valence-electron chi connectivity index (χ3n) is 5.28. The largest absolute Gasteiger partial charge is 0.381 e. The molecule has 6 heteroatoms. The first-order valence-corrected chi connectivity index (χ1v) is 8.31. The van der Waals surface area contributed by atoms with E-state index in [9.17, 15) is 9.59 Å². The van der Waals surface area contributed by atoms with Crippen LogP contribution < -0.4 is 0 Å². The fourth-order valence-corrected chi connectivity index (χ4v) is 4.05. The maximum atomic E-state index is 12.4. The third kappa shape index (κ3) is 3.27. The molecule has 0 bridgehead atoms. The molecule has 3 rings (SSSR count). The van der Waals surface area contributed by atoms with Gasteiger partial charge in [0, 0.05) is 45.6 Å². The number of nitrogens with zero attached hydrogens (tertiary/aromatic N) is 2. The van der Waals surface area contributed by atoms with Gasteiger partial charge in [-0.1, -0.05) is 0 Å². The standard InChI is InChI=1S/C16H26N2O4/c1-21-11-16(20)18-7-13-10-22-9-12(14(13)8-18)6-15(19)17-4-2-3-5-17/h12-14H,2-11H2,1H3/t12-,13-,14+/m0/s1. The molecule has 3 saturated heterocycles. The van der Waals surface area contributed by atoms with Crippen molar-refractivity contribution in [3.8, 4) is 0 Å². The van der Waals surface area contributed by atoms with Gasteiger partial charge in [-0.3, -0.25) is 9.59 Å². The van der Waals surface area contributed by atoms with Crippen molar-refractivity contribution in [2.45, 2.75) is 19.3 Å². The number of hydrogen-bond donors (Lipinski definition) is 0. The number of hydrogen-bond acceptors (Lipinski definition) is 4. The van der Waals surface area contributed by atoms with Gasteiger partial charge in [0.05, 0.1) is 13.2 Å². The summed E-state index contributed by atoms with van der Waals surface area (Å²) in [6.45, 7) is 4.77. The number of ether oxygens (including phenoxy) is 2. The molecule has 3 atom stereocenters. The molecule has 6 nitrogen and oxygen atoms in total. The molecular formula is C16H26N2O4. The zero-order chi connectivity index (χ0) is 15.5. The lowest BCUT2D eigenvalue weighted by atomic mass is 9.81. The van der Waals surface area contributed by atoms with E-state index in [2.05, 4.69) is 0 Å². The molecule has 3 heterocycles. The van der Waals surface area contributed by atoms with Crippen LogP contribution in [0.3, 0.4) is 0 Å². The van der Waals surface area contributed by atoms with Gasteiger partial charge in [0.2, 0.25) is 11.8 Å². The average Bonchev–Trinajstić information content (AvgIpc) is 3.17. The van der Waals surface area contributed by atoms with Crippen LogP contribution in [0.15, 0.2) is 0 Å². The fourth-order valence-electron chi connectivity index (χ4n) is 4.05. The maximum absolute atomic E-state index is 12.4. The third-order valence-corrected chi connectivity index (χ3v) is 5.28. The lowest BCUT2D eigenvalue weighted by Gasteiger charge is -2.33. The fraction of sp³-hybridized carbons (Fsp3) is 0.875. The quantitative estimate of drug-likeness (QED) is 0.752. The van der Waals surface area contributed by atoms with E-state index in [1.54, 1.807) is 7.11 Å². The predicted octanol–water partition coefficient (Wildman–Crippen LogP) is 0.366. The summed E-state index contributed by atoms with van der Waals surface area (Å²) in [5.41, 5.74) is 0. The summed E-state index contributed by atoms with van der Waals surface area (Å²) in [4.78, 5) is 28.3. The van der Waals surface area contributed by atoms with E-state index in [-0.39, 0.29) is 24.3 Å². The van der Waals surface area contributed by atoms with Crippen molar-refractivity contribution in [1.82, 2.24) is 9.80 Å². The molecular weight excluding hydrogens is 284 g/mol.